The molecule has 6 heteroatoms. The quantitative estimate of drug-likeness (QED) is 0.543. The van der Waals surface area contributed by atoms with Crippen molar-refractivity contribution in [3.05, 3.63) is 11.3 Å². The van der Waals surface area contributed by atoms with Crippen molar-refractivity contribution in [3.8, 4) is 12.1 Å². The SMILES string of the molecule is CC(C)(C)C(C#N)=C(C#N)OCC(F)(F)F. The third-order valence-corrected chi connectivity index (χ3v) is 1.57. The standard InChI is InChI=1S/C10H11F3N2O/c1-9(2,3)7(4-14)8(5-15)16-6-10(11,12)13/h6H2,1-3H3. The summed E-state index contributed by atoms with van der Waals surface area (Å²) in [5.41, 5.74) is -0.829. The zero-order valence-electron chi connectivity index (χ0n) is 9.14. The molecule has 0 spiro atoms. The largest absolute Gasteiger partial charge is 0.473 e. The van der Waals surface area contributed by atoms with Gasteiger partial charge >= 0.3 is 6.18 Å². The predicted molar refractivity (Wildman–Crippen MR) is 49.7 cm³/mol. The molecule has 16 heavy (non-hydrogen) atoms. The van der Waals surface area contributed by atoms with E-state index in [1.165, 1.54) is 6.07 Å². The molecule has 0 aromatic heterocycles. The number of halogens is 3. The topological polar surface area (TPSA) is 56.8 Å². The van der Waals surface area contributed by atoms with Crippen LogP contribution in [0.15, 0.2) is 11.3 Å². The molecule has 0 aromatic carbocycles. The van der Waals surface area contributed by atoms with Crippen LogP contribution < -0.4 is 0 Å². The van der Waals surface area contributed by atoms with Crippen LogP contribution in [0, 0.1) is 28.1 Å². The van der Waals surface area contributed by atoms with Crippen molar-refractivity contribution in [3.63, 3.8) is 0 Å². The Balaban J connectivity index is 5.06. The van der Waals surface area contributed by atoms with Gasteiger partial charge in [0.25, 0.3) is 0 Å². The predicted octanol–water partition coefficient (Wildman–Crippen LogP) is 2.91. The second-order valence-corrected chi connectivity index (χ2v) is 4.08. The number of nitrogens with zero attached hydrogens (tertiary/aromatic N) is 2. The summed E-state index contributed by atoms with van der Waals surface area (Å²) in [6.45, 7) is 3.26. The molecule has 0 saturated carbocycles. The first-order chi connectivity index (χ1) is 7.11. The van der Waals surface area contributed by atoms with Gasteiger partial charge in [-0.05, 0) is 0 Å². The van der Waals surface area contributed by atoms with E-state index in [-0.39, 0.29) is 5.57 Å². The van der Waals surface area contributed by atoms with Crippen LogP contribution in [0.3, 0.4) is 0 Å². The molecule has 3 nitrogen and oxygen atoms in total. The number of alkyl halides is 3. The van der Waals surface area contributed by atoms with Crippen molar-refractivity contribution in [1.82, 2.24) is 0 Å². The molecule has 0 heterocycles. The highest BCUT2D eigenvalue weighted by Gasteiger charge is 2.31. The highest BCUT2D eigenvalue weighted by atomic mass is 19.4. The minimum Gasteiger partial charge on any atom is -0.473 e. The second-order valence-electron chi connectivity index (χ2n) is 4.08. The van der Waals surface area contributed by atoms with Gasteiger partial charge in [-0.1, -0.05) is 20.8 Å². The first-order valence-corrected chi connectivity index (χ1v) is 4.36. The molecule has 0 amide bonds. The van der Waals surface area contributed by atoms with Gasteiger partial charge in [-0.3, -0.25) is 0 Å². The lowest BCUT2D eigenvalue weighted by atomic mass is 9.86. The third kappa shape index (κ3) is 4.70. The van der Waals surface area contributed by atoms with Crippen LogP contribution in [0.4, 0.5) is 13.2 Å². The molecule has 0 N–H and O–H groups in total. The molecule has 0 radical (unpaired) electrons. The maximum Gasteiger partial charge on any atom is 0.422 e. The van der Waals surface area contributed by atoms with Crippen molar-refractivity contribution >= 4 is 0 Å². The fourth-order valence-electron chi connectivity index (χ4n) is 0.873. The van der Waals surface area contributed by atoms with E-state index >= 15 is 0 Å². The molecule has 0 bridgehead atoms. The fraction of sp³-hybridized carbons (Fsp3) is 0.600. The van der Waals surface area contributed by atoms with Gasteiger partial charge in [0.15, 0.2) is 6.61 Å². The summed E-state index contributed by atoms with van der Waals surface area (Å²) in [6, 6.07) is 3.16. The van der Waals surface area contributed by atoms with E-state index in [1.807, 2.05) is 0 Å². The smallest absolute Gasteiger partial charge is 0.422 e. The number of allylic oxidation sites excluding steroid dienone is 2. The van der Waals surface area contributed by atoms with Crippen LogP contribution in [-0.4, -0.2) is 12.8 Å². The van der Waals surface area contributed by atoms with E-state index in [0.717, 1.165) is 0 Å². The molecular weight excluding hydrogens is 221 g/mol. The number of nitriles is 2. The lowest BCUT2D eigenvalue weighted by molar-refractivity contribution is -0.163. The average molecular weight is 232 g/mol. The highest BCUT2D eigenvalue weighted by Crippen LogP contribution is 2.28. The average Bonchev–Trinajstić information content (AvgIpc) is 2.08. The Labute approximate surface area is 91.7 Å². The Morgan fingerprint density at radius 1 is 1.12 bits per heavy atom. The second kappa shape index (κ2) is 4.89. The zero-order chi connectivity index (χ0) is 13.0. The summed E-state index contributed by atoms with van der Waals surface area (Å²) < 4.78 is 39.9. The summed E-state index contributed by atoms with van der Waals surface area (Å²) >= 11 is 0. The number of hydrogen-bond acceptors (Lipinski definition) is 3. The Hall–Kier alpha value is -1.69. The van der Waals surface area contributed by atoms with Gasteiger partial charge in [-0.15, -0.1) is 0 Å². The molecule has 0 unspecified atom stereocenters. The van der Waals surface area contributed by atoms with Gasteiger partial charge < -0.3 is 4.74 Å². The van der Waals surface area contributed by atoms with Gasteiger partial charge in [0.1, 0.15) is 6.07 Å². The molecule has 0 aromatic rings. The summed E-state index contributed by atoms with van der Waals surface area (Å²) in [5.74, 6) is -0.577. The summed E-state index contributed by atoms with van der Waals surface area (Å²) in [6.07, 6.45) is -4.53. The maximum atomic E-state index is 11.9. The highest BCUT2D eigenvalue weighted by molar-refractivity contribution is 5.36. The van der Waals surface area contributed by atoms with Crippen molar-refractivity contribution in [2.75, 3.05) is 6.61 Å². The molecule has 0 aliphatic rings. The lowest BCUT2D eigenvalue weighted by Crippen LogP contribution is -2.19. The van der Waals surface area contributed by atoms with Crippen molar-refractivity contribution in [2.45, 2.75) is 26.9 Å². The molecule has 88 valence electrons. The Bertz CT molecular complexity index is 363. The molecule has 0 rings (SSSR count). The van der Waals surface area contributed by atoms with Gasteiger partial charge in [0, 0.05) is 5.41 Å². The normalized spacial score (nSPS) is 13.5. The number of hydrogen-bond donors (Lipinski definition) is 0. The van der Waals surface area contributed by atoms with E-state index in [9.17, 15) is 13.2 Å². The monoisotopic (exact) mass is 232 g/mol. The van der Waals surface area contributed by atoms with Gasteiger partial charge in [0.05, 0.1) is 11.6 Å². The molecule has 0 saturated heterocycles. The van der Waals surface area contributed by atoms with Gasteiger partial charge in [-0.2, -0.15) is 23.7 Å². The number of ether oxygens (including phenoxy) is 1. The summed E-state index contributed by atoms with van der Waals surface area (Å²) in [4.78, 5) is 0. The molecule has 0 fully saturated rings. The van der Waals surface area contributed by atoms with Crippen molar-refractivity contribution in [1.29, 1.82) is 10.5 Å². The Kier molecular flexibility index (Phi) is 4.37. The van der Waals surface area contributed by atoms with E-state index in [0.29, 0.717) is 0 Å². The van der Waals surface area contributed by atoms with E-state index < -0.39 is 24.0 Å². The minimum absolute atomic E-state index is 0.0979. The van der Waals surface area contributed by atoms with Crippen LogP contribution in [-0.2, 0) is 4.74 Å². The van der Waals surface area contributed by atoms with Gasteiger partial charge in [-0.25, -0.2) is 0 Å². The Morgan fingerprint density at radius 2 is 1.62 bits per heavy atom. The van der Waals surface area contributed by atoms with E-state index in [2.05, 4.69) is 4.74 Å². The molecule has 0 aliphatic carbocycles. The van der Waals surface area contributed by atoms with Gasteiger partial charge in [0.2, 0.25) is 5.76 Å². The van der Waals surface area contributed by atoms with E-state index in [4.69, 9.17) is 10.5 Å². The zero-order valence-corrected chi connectivity index (χ0v) is 9.14. The first kappa shape index (κ1) is 14.3. The third-order valence-electron chi connectivity index (χ3n) is 1.57. The summed E-state index contributed by atoms with van der Waals surface area (Å²) in [7, 11) is 0. The molecule has 0 aliphatic heterocycles. The molecule has 0 atom stereocenters. The van der Waals surface area contributed by atoms with Crippen LogP contribution in [0.2, 0.25) is 0 Å². The van der Waals surface area contributed by atoms with E-state index in [1.54, 1.807) is 26.8 Å². The Morgan fingerprint density at radius 3 is 1.88 bits per heavy atom. The van der Waals surface area contributed by atoms with Crippen molar-refractivity contribution in [2.24, 2.45) is 5.41 Å². The maximum absolute atomic E-state index is 11.9. The van der Waals surface area contributed by atoms with Crippen LogP contribution in [0.25, 0.3) is 0 Å². The molecular formula is C10H11F3N2O. The lowest BCUT2D eigenvalue weighted by Gasteiger charge is -2.18. The van der Waals surface area contributed by atoms with Crippen molar-refractivity contribution < 1.29 is 17.9 Å². The van der Waals surface area contributed by atoms with Crippen LogP contribution >= 0.6 is 0 Å². The summed E-state index contributed by atoms with van der Waals surface area (Å²) in [5, 5.41) is 17.4. The van der Waals surface area contributed by atoms with Crippen LogP contribution in [0.1, 0.15) is 20.8 Å². The van der Waals surface area contributed by atoms with Crippen LogP contribution in [0.5, 0.6) is 0 Å². The fourth-order valence-corrected chi connectivity index (χ4v) is 0.873. The first-order valence-electron chi connectivity index (χ1n) is 4.36. The number of rotatable bonds is 2. The minimum atomic E-state index is -4.53.